The van der Waals surface area contributed by atoms with E-state index in [1.165, 1.54) is 19.2 Å². The van der Waals surface area contributed by atoms with E-state index < -0.39 is 0 Å². The maximum atomic E-state index is 13.4. The smallest absolute Gasteiger partial charge is 0.259 e. The molecule has 1 amide bonds. The number of ether oxygens (including phenoxy) is 1. The van der Waals surface area contributed by atoms with Gasteiger partial charge < -0.3 is 10.1 Å². The Morgan fingerprint density at radius 2 is 2.00 bits per heavy atom. The number of rotatable bonds is 3. The molecule has 0 spiro atoms. The molecule has 0 heterocycles. The number of para-hydroxylation sites is 1. The predicted molar refractivity (Wildman–Crippen MR) is 79.8 cm³/mol. The summed E-state index contributed by atoms with van der Waals surface area (Å²) in [4.78, 5) is 12.2. The Balaban J connectivity index is 2.30. The molecular weight excluding hydrogens is 325 g/mol. The Hall–Kier alpha value is -1.88. The molecule has 0 saturated heterocycles. The monoisotopic (exact) mass is 337 g/mol. The first-order valence-corrected chi connectivity index (χ1v) is 6.72. The van der Waals surface area contributed by atoms with E-state index >= 15 is 0 Å². The number of hydrogen-bond acceptors (Lipinski definition) is 2. The van der Waals surface area contributed by atoms with E-state index in [1.54, 1.807) is 31.2 Å². The molecule has 104 valence electrons. The average molecular weight is 338 g/mol. The van der Waals surface area contributed by atoms with Crippen LogP contribution >= 0.6 is 15.9 Å². The van der Waals surface area contributed by atoms with Crippen molar-refractivity contribution < 1.29 is 13.9 Å². The van der Waals surface area contributed by atoms with Gasteiger partial charge in [-0.1, -0.05) is 12.1 Å². The number of nitrogens with one attached hydrogen (secondary N) is 1. The zero-order chi connectivity index (χ0) is 14.7. The number of hydrogen-bond donors (Lipinski definition) is 1. The van der Waals surface area contributed by atoms with Crippen molar-refractivity contribution in [3.63, 3.8) is 0 Å². The van der Waals surface area contributed by atoms with Crippen LogP contribution in [0.2, 0.25) is 0 Å². The summed E-state index contributed by atoms with van der Waals surface area (Å²) in [5, 5.41) is 2.75. The quantitative estimate of drug-likeness (QED) is 0.913. The molecule has 0 saturated carbocycles. The van der Waals surface area contributed by atoms with Gasteiger partial charge in [0.05, 0.1) is 17.1 Å². The van der Waals surface area contributed by atoms with Crippen LogP contribution in [0.3, 0.4) is 0 Å². The third-order valence-electron chi connectivity index (χ3n) is 2.87. The van der Waals surface area contributed by atoms with Crippen LogP contribution in [-0.4, -0.2) is 13.0 Å². The second kappa shape index (κ2) is 6.05. The maximum absolute atomic E-state index is 13.4. The molecule has 5 heteroatoms. The van der Waals surface area contributed by atoms with Crippen LogP contribution < -0.4 is 10.1 Å². The summed E-state index contributed by atoms with van der Waals surface area (Å²) in [6.45, 7) is 1.73. The van der Waals surface area contributed by atoms with Gasteiger partial charge in [-0.05, 0) is 52.7 Å². The number of halogens is 2. The zero-order valence-corrected chi connectivity index (χ0v) is 12.6. The van der Waals surface area contributed by atoms with Gasteiger partial charge in [0.25, 0.3) is 5.91 Å². The number of amides is 1. The van der Waals surface area contributed by atoms with Crippen molar-refractivity contribution in [2.75, 3.05) is 12.4 Å². The fourth-order valence-electron chi connectivity index (χ4n) is 1.80. The fraction of sp³-hybridized carbons (Fsp3) is 0.133. The van der Waals surface area contributed by atoms with Crippen molar-refractivity contribution in [2.45, 2.75) is 6.92 Å². The summed E-state index contributed by atoms with van der Waals surface area (Å²) < 4.78 is 18.8. The van der Waals surface area contributed by atoms with Crippen LogP contribution in [0, 0.1) is 12.7 Å². The van der Waals surface area contributed by atoms with E-state index in [0.717, 1.165) is 0 Å². The molecule has 1 N–H and O–H groups in total. The van der Waals surface area contributed by atoms with E-state index in [1.807, 2.05) is 0 Å². The summed E-state index contributed by atoms with van der Waals surface area (Å²) in [6, 6.07) is 9.82. The Morgan fingerprint density at radius 1 is 1.30 bits per heavy atom. The third kappa shape index (κ3) is 2.99. The van der Waals surface area contributed by atoms with Gasteiger partial charge in [-0.25, -0.2) is 4.39 Å². The standard InChI is InChI=1S/C15H13BrFNO2/c1-9-7-12(17)11(16)8-13(9)18-15(19)10-5-3-4-6-14(10)20-2/h3-8H,1-2H3,(H,18,19). The SMILES string of the molecule is COc1ccccc1C(=O)Nc1cc(Br)c(F)cc1C. The number of carbonyl (C=O) groups excluding carboxylic acids is 1. The van der Waals surface area contributed by atoms with Gasteiger partial charge in [-0.2, -0.15) is 0 Å². The number of carbonyl (C=O) groups is 1. The molecule has 0 atom stereocenters. The number of aryl methyl sites for hydroxylation is 1. The first-order chi connectivity index (χ1) is 9.52. The Kier molecular flexibility index (Phi) is 4.39. The van der Waals surface area contributed by atoms with Crippen LogP contribution in [0.25, 0.3) is 0 Å². The molecule has 0 bridgehead atoms. The highest BCUT2D eigenvalue weighted by molar-refractivity contribution is 9.10. The highest BCUT2D eigenvalue weighted by Gasteiger charge is 2.13. The average Bonchev–Trinajstić information content (AvgIpc) is 2.44. The lowest BCUT2D eigenvalue weighted by Gasteiger charge is -2.11. The summed E-state index contributed by atoms with van der Waals surface area (Å²) in [6.07, 6.45) is 0. The molecule has 20 heavy (non-hydrogen) atoms. The molecule has 0 aliphatic carbocycles. The molecule has 2 aromatic rings. The topological polar surface area (TPSA) is 38.3 Å². The van der Waals surface area contributed by atoms with Crippen molar-refractivity contribution in [1.82, 2.24) is 0 Å². The normalized spacial score (nSPS) is 10.2. The van der Waals surface area contributed by atoms with Crippen LogP contribution in [0.1, 0.15) is 15.9 Å². The van der Waals surface area contributed by atoms with Crippen LogP contribution in [0.4, 0.5) is 10.1 Å². The molecule has 3 nitrogen and oxygen atoms in total. The van der Waals surface area contributed by atoms with Crippen LogP contribution in [0.5, 0.6) is 5.75 Å². The predicted octanol–water partition coefficient (Wildman–Crippen LogP) is 4.16. The Bertz CT molecular complexity index is 658. The van der Waals surface area contributed by atoms with Gasteiger partial charge in [0, 0.05) is 5.69 Å². The van der Waals surface area contributed by atoms with Gasteiger partial charge in [-0.3, -0.25) is 4.79 Å². The van der Waals surface area contributed by atoms with E-state index in [9.17, 15) is 9.18 Å². The molecule has 0 aliphatic heterocycles. The van der Waals surface area contributed by atoms with Crippen LogP contribution in [0.15, 0.2) is 40.9 Å². The molecule has 0 aliphatic rings. The van der Waals surface area contributed by atoms with Gasteiger partial charge in [0.15, 0.2) is 0 Å². The summed E-state index contributed by atoms with van der Waals surface area (Å²) in [7, 11) is 1.51. The van der Waals surface area contributed by atoms with Crippen LogP contribution in [-0.2, 0) is 0 Å². The molecule has 0 fully saturated rings. The minimum atomic E-state index is -0.363. The summed E-state index contributed by atoms with van der Waals surface area (Å²) in [5.41, 5.74) is 1.62. The second-order valence-corrected chi connectivity index (χ2v) is 5.09. The number of methoxy groups -OCH3 is 1. The molecule has 2 aromatic carbocycles. The highest BCUT2D eigenvalue weighted by Crippen LogP contribution is 2.26. The minimum absolute atomic E-state index is 0.302. The van der Waals surface area contributed by atoms with Crippen molar-refractivity contribution in [3.8, 4) is 5.75 Å². The van der Waals surface area contributed by atoms with E-state index in [-0.39, 0.29) is 11.7 Å². The molecule has 0 aromatic heterocycles. The van der Waals surface area contributed by atoms with Gasteiger partial charge in [-0.15, -0.1) is 0 Å². The lowest BCUT2D eigenvalue weighted by molar-refractivity contribution is 0.102. The molecular formula is C15H13BrFNO2. The van der Waals surface area contributed by atoms with E-state index in [0.29, 0.717) is 27.0 Å². The van der Waals surface area contributed by atoms with Crippen molar-refractivity contribution in [3.05, 3.63) is 57.8 Å². The van der Waals surface area contributed by atoms with E-state index in [4.69, 9.17) is 4.74 Å². The number of anilines is 1. The Morgan fingerprint density at radius 3 is 2.70 bits per heavy atom. The highest BCUT2D eigenvalue weighted by atomic mass is 79.9. The van der Waals surface area contributed by atoms with E-state index in [2.05, 4.69) is 21.2 Å². The number of benzene rings is 2. The molecule has 2 rings (SSSR count). The molecule has 0 unspecified atom stereocenters. The van der Waals surface area contributed by atoms with Crippen molar-refractivity contribution in [1.29, 1.82) is 0 Å². The minimum Gasteiger partial charge on any atom is -0.496 e. The summed E-state index contributed by atoms with van der Waals surface area (Å²) in [5.74, 6) is -0.175. The van der Waals surface area contributed by atoms with Crippen molar-refractivity contribution >= 4 is 27.5 Å². The molecule has 0 radical (unpaired) electrons. The first kappa shape index (κ1) is 14.5. The second-order valence-electron chi connectivity index (χ2n) is 4.24. The lowest BCUT2D eigenvalue weighted by atomic mass is 10.1. The largest absolute Gasteiger partial charge is 0.496 e. The summed E-state index contributed by atoms with van der Waals surface area (Å²) >= 11 is 3.10. The Labute approximate surface area is 124 Å². The zero-order valence-electron chi connectivity index (χ0n) is 11.0. The van der Waals surface area contributed by atoms with Gasteiger partial charge in [0.1, 0.15) is 11.6 Å². The van der Waals surface area contributed by atoms with Gasteiger partial charge in [0.2, 0.25) is 0 Å². The van der Waals surface area contributed by atoms with Crippen molar-refractivity contribution in [2.24, 2.45) is 0 Å². The lowest BCUT2D eigenvalue weighted by Crippen LogP contribution is -2.14. The van der Waals surface area contributed by atoms with Gasteiger partial charge >= 0.3 is 0 Å². The first-order valence-electron chi connectivity index (χ1n) is 5.93. The third-order valence-corrected chi connectivity index (χ3v) is 3.47. The fourth-order valence-corrected chi connectivity index (χ4v) is 2.15. The maximum Gasteiger partial charge on any atom is 0.259 e.